The second-order valence-corrected chi connectivity index (χ2v) is 16.1. The van der Waals surface area contributed by atoms with E-state index in [1.165, 1.54) is 98.1 Å². The Morgan fingerprint density at radius 3 is 1.96 bits per heavy atom. The molecule has 0 amide bonds. The van der Waals surface area contributed by atoms with Gasteiger partial charge in [0.1, 0.15) is 11.5 Å². The highest BCUT2D eigenvalue weighted by Crippen LogP contribution is 2.57. The summed E-state index contributed by atoms with van der Waals surface area (Å²) in [7, 11) is 0. The van der Waals surface area contributed by atoms with E-state index >= 15 is 0 Å². The van der Waals surface area contributed by atoms with Gasteiger partial charge in [0.15, 0.2) is 0 Å². The number of rotatable bonds is 4. The number of hydrogen-bond donors (Lipinski definition) is 0. The monoisotopic (exact) mass is 718 g/mol. The van der Waals surface area contributed by atoms with Crippen LogP contribution in [0.4, 0.5) is 0 Å². The molecule has 0 atom stereocenters. The average molecular weight is 719 g/mol. The van der Waals surface area contributed by atoms with Crippen molar-refractivity contribution in [3.05, 3.63) is 221 Å². The Bertz CT molecular complexity index is 3020. The van der Waals surface area contributed by atoms with Gasteiger partial charge in [-0.05, 0) is 122 Å². The summed E-state index contributed by atoms with van der Waals surface area (Å²) in [6.07, 6.45) is 4.40. The lowest BCUT2D eigenvalue weighted by molar-refractivity contribution is 0.472. The third kappa shape index (κ3) is 4.40. The molecule has 1 nitrogen and oxygen atoms in total. The first-order chi connectivity index (χ1) is 27.3. The summed E-state index contributed by atoms with van der Waals surface area (Å²) in [5, 5.41) is 2.65. The lowest BCUT2D eigenvalue weighted by Gasteiger charge is -2.34. The molecule has 2 aliphatic carbocycles. The summed E-state index contributed by atoms with van der Waals surface area (Å²) in [4.78, 5) is 0. The minimum absolute atomic E-state index is 0.433. The highest BCUT2D eigenvalue weighted by atomic mass is 32.1. The van der Waals surface area contributed by atoms with Gasteiger partial charge in [-0.25, -0.2) is 0 Å². The van der Waals surface area contributed by atoms with E-state index < -0.39 is 5.41 Å². The molecule has 0 bridgehead atoms. The molecule has 1 aliphatic heterocycles. The molecule has 9 aromatic rings. The molecule has 0 fully saturated rings. The first-order valence-electron chi connectivity index (χ1n) is 19.2. The van der Waals surface area contributed by atoms with Crippen LogP contribution in [-0.2, 0) is 11.8 Å². The lowest BCUT2D eigenvalue weighted by atomic mass is 9.67. The van der Waals surface area contributed by atoms with E-state index in [0.29, 0.717) is 0 Å². The van der Waals surface area contributed by atoms with Crippen molar-refractivity contribution in [2.75, 3.05) is 0 Å². The highest BCUT2D eigenvalue weighted by Gasteiger charge is 2.46. The number of ether oxygens (including phenoxy) is 1. The van der Waals surface area contributed by atoms with Crippen LogP contribution in [-0.4, -0.2) is 0 Å². The van der Waals surface area contributed by atoms with Crippen molar-refractivity contribution >= 4 is 37.1 Å². The molecule has 0 unspecified atom stereocenters. The van der Waals surface area contributed by atoms with Crippen LogP contribution >= 0.6 is 11.3 Å². The molecule has 0 spiro atoms. The minimum atomic E-state index is -0.433. The molecule has 12 rings (SSSR count). The fraction of sp³-hybridized carbons (Fsp3) is 0.0566. The molecule has 0 saturated carbocycles. The number of allylic oxidation sites excluding steroid dienone is 1. The van der Waals surface area contributed by atoms with Crippen LogP contribution in [0.1, 0.15) is 45.4 Å². The summed E-state index contributed by atoms with van der Waals surface area (Å²) in [5.41, 5.74) is 17.5. The Morgan fingerprint density at radius 2 is 1.11 bits per heavy atom. The molecule has 0 radical (unpaired) electrons. The van der Waals surface area contributed by atoms with Gasteiger partial charge in [0.2, 0.25) is 0 Å². The van der Waals surface area contributed by atoms with Crippen LogP contribution in [0.15, 0.2) is 182 Å². The van der Waals surface area contributed by atoms with Crippen LogP contribution in [0.2, 0.25) is 0 Å². The average Bonchev–Trinajstić information content (AvgIpc) is 3.77. The fourth-order valence-electron chi connectivity index (χ4n) is 9.89. The molecule has 8 aromatic carbocycles. The summed E-state index contributed by atoms with van der Waals surface area (Å²) in [5.74, 6) is 1.88. The van der Waals surface area contributed by atoms with Crippen molar-refractivity contribution in [3.8, 4) is 44.9 Å². The zero-order chi connectivity index (χ0) is 36.1. The Morgan fingerprint density at radius 1 is 0.455 bits per heavy atom. The topological polar surface area (TPSA) is 9.23 Å². The third-order valence-electron chi connectivity index (χ3n) is 12.3. The quantitative estimate of drug-likeness (QED) is 0.176. The summed E-state index contributed by atoms with van der Waals surface area (Å²) in [6, 6.07) is 65.2. The zero-order valence-corrected chi connectivity index (χ0v) is 30.9. The maximum atomic E-state index is 6.75. The second-order valence-electron chi connectivity index (χ2n) is 15.0. The van der Waals surface area contributed by atoms with Gasteiger partial charge in [0.05, 0.1) is 5.41 Å². The molecule has 2 heteroatoms. The number of fused-ring (bicyclic) bond motifs is 8. The van der Waals surface area contributed by atoms with Crippen LogP contribution < -0.4 is 4.74 Å². The standard InChI is InChI=1S/C53H34OS/c1-3-12-36(13-4-1)53(37-14-5-2-6-15-37)46-20-9-7-16-39(46)40-25-22-35(32-47(40)53)38-26-28-49-52-42(38)18-11-19-43(52)44-30-33(23-27-48(44)54-49)34-24-29-51-45(31-34)41-17-8-10-21-50(41)55-51/h1-10,12-17,19-32H,11,18H2. The Hall–Kier alpha value is -6.48. The molecule has 0 saturated heterocycles. The molecule has 3 aliphatic rings. The van der Waals surface area contributed by atoms with E-state index in [-0.39, 0.29) is 0 Å². The summed E-state index contributed by atoms with van der Waals surface area (Å²) < 4.78 is 9.41. The van der Waals surface area contributed by atoms with Gasteiger partial charge < -0.3 is 4.74 Å². The maximum Gasteiger partial charge on any atom is 0.135 e. The molecule has 0 N–H and O–H groups in total. The van der Waals surface area contributed by atoms with Crippen LogP contribution in [0, 0.1) is 0 Å². The van der Waals surface area contributed by atoms with Crippen molar-refractivity contribution in [2.45, 2.75) is 18.3 Å². The van der Waals surface area contributed by atoms with E-state index in [2.05, 4.69) is 182 Å². The lowest BCUT2D eigenvalue weighted by Crippen LogP contribution is -2.28. The van der Waals surface area contributed by atoms with Crippen molar-refractivity contribution in [1.29, 1.82) is 0 Å². The predicted molar refractivity (Wildman–Crippen MR) is 229 cm³/mol. The van der Waals surface area contributed by atoms with Gasteiger partial charge in [0, 0.05) is 31.3 Å². The molecular weight excluding hydrogens is 685 g/mol. The normalized spacial score (nSPS) is 14.4. The Labute approximate surface area is 324 Å². The summed E-state index contributed by atoms with van der Waals surface area (Å²) in [6.45, 7) is 0. The van der Waals surface area contributed by atoms with E-state index in [1.54, 1.807) is 0 Å². The van der Waals surface area contributed by atoms with E-state index in [9.17, 15) is 0 Å². The number of benzene rings is 8. The smallest absolute Gasteiger partial charge is 0.135 e. The van der Waals surface area contributed by atoms with Gasteiger partial charge >= 0.3 is 0 Å². The Balaban J connectivity index is 1.01. The molecule has 1 aromatic heterocycles. The molecular formula is C53H34OS. The van der Waals surface area contributed by atoms with Crippen molar-refractivity contribution < 1.29 is 4.74 Å². The van der Waals surface area contributed by atoms with E-state index in [0.717, 1.165) is 24.3 Å². The Kier molecular flexibility index (Phi) is 6.61. The number of hydrogen-bond acceptors (Lipinski definition) is 2. The molecule has 258 valence electrons. The van der Waals surface area contributed by atoms with Gasteiger partial charge in [-0.15, -0.1) is 11.3 Å². The van der Waals surface area contributed by atoms with Gasteiger partial charge in [-0.3, -0.25) is 0 Å². The predicted octanol–water partition coefficient (Wildman–Crippen LogP) is 14.2. The van der Waals surface area contributed by atoms with E-state index in [4.69, 9.17) is 4.74 Å². The third-order valence-corrected chi connectivity index (χ3v) is 13.4. The highest BCUT2D eigenvalue weighted by molar-refractivity contribution is 7.25. The first kappa shape index (κ1) is 30.9. The first-order valence-corrected chi connectivity index (χ1v) is 20.0. The zero-order valence-electron chi connectivity index (χ0n) is 30.1. The van der Waals surface area contributed by atoms with Crippen LogP contribution in [0.3, 0.4) is 0 Å². The van der Waals surface area contributed by atoms with Gasteiger partial charge in [-0.2, -0.15) is 0 Å². The van der Waals surface area contributed by atoms with Gasteiger partial charge in [-0.1, -0.05) is 140 Å². The largest absolute Gasteiger partial charge is 0.456 e. The van der Waals surface area contributed by atoms with Crippen molar-refractivity contribution in [2.24, 2.45) is 0 Å². The summed E-state index contributed by atoms with van der Waals surface area (Å²) >= 11 is 1.86. The fourth-order valence-corrected chi connectivity index (χ4v) is 11.0. The minimum Gasteiger partial charge on any atom is -0.456 e. The van der Waals surface area contributed by atoms with Crippen LogP contribution in [0.25, 0.3) is 59.1 Å². The van der Waals surface area contributed by atoms with Crippen molar-refractivity contribution in [3.63, 3.8) is 0 Å². The molecule has 2 heterocycles. The molecule has 55 heavy (non-hydrogen) atoms. The van der Waals surface area contributed by atoms with Crippen LogP contribution in [0.5, 0.6) is 11.5 Å². The van der Waals surface area contributed by atoms with Gasteiger partial charge in [0.25, 0.3) is 0 Å². The second kappa shape index (κ2) is 11.8. The van der Waals surface area contributed by atoms with Crippen molar-refractivity contribution in [1.82, 2.24) is 0 Å². The van der Waals surface area contributed by atoms with E-state index in [1.807, 2.05) is 11.3 Å². The maximum absolute atomic E-state index is 6.75. The number of thiophene rings is 1. The SMILES string of the molecule is C1=C2c3cc(-c4ccc5sc6ccccc6c5c4)ccc3Oc3ccc(-c4ccc5c(c4)C(c4ccccc4)(c4ccccc4)c4ccccc4-5)c(c32)CC1.